The highest BCUT2D eigenvalue weighted by atomic mass is 32.2. The summed E-state index contributed by atoms with van der Waals surface area (Å²) in [5.74, 6) is -2.38. The molecule has 0 radical (unpaired) electrons. The van der Waals surface area contributed by atoms with E-state index in [0.29, 0.717) is 6.42 Å². The normalized spacial score (nSPS) is 19.2. The number of para-hydroxylation sites is 1. The molecule has 0 unspecified atom stereocenters. The molecule has 2 rings (SSSR count). The maximum absolute atomic E-state index is 13.2. The molecule has 0 aliphatic carbocycles. The van der Waals surface area contributed by atoms with Crippen molar-refractivity contribution in [2.75, 3.05) is 11.4 Å². The molecule has 1 aliphatic rings. The van der Waals surface area contributed by atoms with Crippen molar-refractivity contribution in [3.63, 3.8) is 0 Å². The molecule has 178 valence electrons. The molecule has 1 aromatic rings. The van der Waals surface area contributed by atoms with Gasteiger partial charge in [0.05, 0.1) is 17.7 Å². The molecule has 9 heteroatoms. The molecule has 0 saturated carbocycles. The van der Waals surface area contributed by atoms with Gasteiger partial charge in [0.25, 0.3) is 0 Å². The van der Waals surface area contributed by atoms with Crippen molar-refractivity contribution in [3.05, 3.63) is 24.3 Å². The van der Waals surface area contributed by atoms with E-state index in [2.05, 4.69) is 0 Å². The molecular weight excluding hydrogens is 430 g/mol. The van der Waals surface area contributed by atoms with Crippen LogP contribution in [0.4, 0.5) is 5.69 Å². The first kappa shape index (κ1) is 26.2. The number of fused-ring (bicyclic) bond motifs is 1. The van der Waals surface area contributed by atoms with Gasteiger partial charge >= 0.3 is 5.97 Å². The van der Waals surface area contributed by atoms with E-state index in [1.165, 1.54) is 11.8 Å². The number of benzene rings is 1. The van der Waals surface area contributed by atoms with Crippen molar-refractivity contribution in [3.8, 4) is 0 Å². The lowest BCUT2D eigenvalue weighted by atomic mass is 9.79. The molecule has 4 atom stereocenters. The van der Waals surface area contributed by atoms with Crippen LogP contribution in [0.2, 0.25) is 0 Å². The second-order valence-corrected chi connectivity index (χ2v) is 10.9. The molecule has 0 fully saturated rings. The number of primary amides is 1. The Balaban J connectivity index is 2.08. The van der Waals surface area contributed by atoms with Crippen LogP contribution < -0.4 is 16.4 Å². The Morgan fingerprint density at radius 3 is 2.44 bits per heavy atom. The molecule has 1 aromatic carbocycles. The Bertz CT molecular complexity index is 845. The number of hydrogen-bond acceptors (Lipinski definition) is 6. The van der Waals surface area contributed by atoms with Gasteiger partial charge in [0.15, 0.2) is 0 Å². The number of thioether (sulfide) groups is 1. The second-order valence-electron chi connectivity index (χ2n) is 9.68. The van der Waals surface area contributed by atoms with Gasteiger partial charge in [-0.25, -0.2) is 0 Å². The Kier molecular flexibility index (Phi) is 8.73. The monoisotopic (exact) mass is 465 g/mol. The van der Waals surface area contributed by atoms with Gasteiger partial charge in [-0.05, 0) is 36.3 Å². The quantitative estimate of drug-likeness (QED) is 0.414. The predicted molar refractivity (Wildman–Crippen MR) is 125 cm³/mol. The zero-order valence-corrected chi connectivity index (χ0v) is 20.0. The van der Waals surface area contributed by atoms with Gasteiger partial charge in [-0.15, -0.1) is 11.8 Å². The topological polar surface area (TPSA) is 147 Å². The SMILES string of the molecule is CC(C)[C@H](C[C@H](O)[C@@H](N)CC(C)(C)CC(=O)N1C[C@H](C(N)=O)Sc2ccccc21)C(=O)O. The third-order valence-corrected chi connectivity index (χ3v) is 7.19. The van der Waals surface area contributed by atoms with Crippen molar-refractivity contribution in [1.82, 2.24) is 0 Å². The van der Waals surface area contributed by atoms with Crippen LogP contribution in [0.15, 0.2) is 29.2 Å². The summed E-state index contributed by atoms with van der Waals surface area (Å²) in [6.45, 7) is 7.59. The molecule has 6 N–H and O–H groups in total. The van der Waals surface area contributed by atoms with Gasteiger partial charge < -0.3 is 26.6 Å². The maximum Gasteiger partial charge on any atom is 0.306 e. The molecule has 0 saturated heterocycles. The number of carbonyl (C=O) groups excluding carboxylic acids is 2. The molecular formula is C23H35N3O5S. The van der Waals surface area contributed by atoms with Crippen LogP contribution in [0.3, 0.4) is 0 Å². The van der Waals surface area contributed by atoms with Crippen LogP contribution in [0.25, 0.3) is 0 Å². The molecule has 1 aliphatic heterocycles. The lowest BCUT2D eigenvalue weighted by Gasteiger charge is -2.36. The van der Waals surface area contributed by atoms with Crippen LogP contribution in [0, 0.1) is 17.3 Å². The van der Waals surface area contributed by atoms with E-state index in [-0.39, 0.29) is 31.2 Å². The number of carboxylic acids is 1. The smallest absolute Gasteiger partial charge is 0.306 e. The summed E-state index contributed by atoms with van der Waals surface area (Å²) in [5, 5.41) is 19.4. The number of aliphatic carboxylic acids is 1. The lowest BCUT2D eigenvalue weighted by molar-refractivity contribution is -0.144. The average Bonchev–Trinajstić information content (AvgIpc) is 2.69. The Morgan fingerprint density at radius 2 is 1.88 bits per heavy atom. The number of aliphatic hydroxyl groups is 1. The van der Waals surface area contributed by atoms with Gasteiger partial charge in [0.2, 0.25) is 11.8 Å². The van der Waals surface area contributed by atoms with Crippen LogP contribution >= 0.6 is 11.8 Å². The minimum Gasteiger partial charge on any atom is -0.481 e. The summed E-state index contributed by atoms with van der Waals surface area (Å²) in [6.07, 6.45) is -0.424. The number of aliphatic hydroxyl groups excluding tert-OH is 1. The summed E-state index contributed by atoms with van der Waals surface area (Å²) in [7, 11) is 0. The summed E-state index contributed by atoms with van der Waals surface area (Å²) >= 11 is 1.36. The summed E-state index contributed by atoms with van der Waals surface area (Å²) in [5.41, 5.74) is 11.9. The average molecular weight is 466 g/mol. The van der Waals surface area contributed by atoms with Crippen LogP contribution in [-0.2, 0) is 14.4 Å². The van der Waals surface area contributed by atoms with E-state index in [0.717, 1.165) is 10.6 Å². The van der Waals surface area contributed by atoms with Gasteiger partial charge in [-0.2, -0.15) is 0 Å². The van der Waals surface area contributed by atoms with Crippen LogP contribution in [0.5, 0.6) is 0 Å². The third kappa shape index (κ3) is 6.70. The van der Waals surface area contributed by atoms with E-state index >= 15 is 0 Å². The summed E-state index contributed by atoms with van der Waals surface area (Å²) in [6, 6.07) is 6.73. The lowest BCUT2D eigenvalue weighted by Crippen LogP contribution is -2.46. The zero-order valence-electron chi connectivity index (χ0n) is 19.2. The standard InChI is InChI=1S/C23H35N3O5S/c1-13(2)14(22(30)31)9-17(27)15(24)10-23(3,4)11-20(28)26-12-19(21(25)29)32-18-8-6-5-7-16(18)26/h5-8,13-15,17,19,27H,9-12,24H2,1-4H3,(H2,25,29)(H,30,31)/t14-,15-,17-,19+/m0/s1. The first-order chi connectivity index (χ1) is 14.8. The van der Waals surface area contributed by atoms with Crippen molar-refractivity contribution in [2.45, 2.75) is 69.2 Å². The predicted octanol–water partition coefficient (Wildman–Crippen LogP) is 2.22. The largest absolute Gasteiger partial charge is 0.481 e. The highest BCUT2D eigenvalue weighted by Crippen LogP contribution is 2.40. The Labute approximate surface area is 193 Å². The minimum absolute atomic E-state index is 0.0647. The van der Waals surface area contributed by atoms with Crippen molar-refractivity contribution < 1.29 is 24.6 Å². The van der Waals surface area contributed by atoms with E-state index in [4.69, 9.17) is 11.5 Å². The van der Waals surface area contributed by atoms with Crippen molar-refractivity contribution >= 4 is 35.2 Å². The number of nitrogens with zero attached hydrogens (tertiary/aromatic N) is 1. The highest BCUT2D eigenvalue weighted by Gasteiger charge is 2.36. The van der Waals surface area contributed by atoms with E-state index in [1.54, 1.807) is 18.7 Å². The number of carbonyl (C=O) groups is 3. The number of anilines is 1. The fourth-order valence-electron chi connectivity index (χ4n) is 4.06. The fraction of sp³-hybridized carbons (Fsp3) is 0.609. The van der Waals surface area contributed by atoms with Crippen LogP contribution in [0.1, 0.15) is 47.0 Å². The highest BCUT2D eigenvalue weighted by molar-refractivity contribution is 8.00. The number of rotatable bonds is 10. The summed E-state index contributed by atoms with van der Waals surface area (Å²) < 4.78 is 0. The summed E-state index contributed by atoms with van der Waals surface area (Å²) in [4.78, 5) is 38.9. The molecule has 8 nitrogen and oxygen atoms in total. The minimum atomic E-state index is -0.987. The zero-order chi connectivity index (χ0) is 24.2. The number of amides is 2. The fourth-order valence-corrected chi connectivity index (χ4v) is 5.17. The molecule has 32 heavy (non-hydrogen) atoms. The van der Waals surface area contributed by atoms with Crippen LogP contribution in [-0.4, -0.2) is 51.9 Å². The van der Waals surface area contributed by atoms with Crippen molar-refractivity contribution in [2.24, 2.45) is 28.7 Å². The molecule has 0 spiro atoms. The van der Waals surface area contributed by atoms with Crippen molar-refractivity contribution in [1.29, 1.82) is 0 Å². The molecule has 2 amide bonds. The van der Waals surface area contributed by atoms with E-state index < -0.39 is 40.6 Å². The number of nitrogens with two attached hydrogens (primary N) is 2. The second kappa shape index (κ2) is 10.7. The van der Waals surface area contributed by atoms with E-state index in [9.17, 15) is 24.6 Å². The molecule has 1 heterocycles. The molecule has 0 bridgehead atoms. The molecule has 0 aromatic heterocycles. The Morgan fingerprint density at radius 1 is 1.25 bits per heavy atom. The third-order valence-electron chi connectivity index (χ3n) is 5.92. The number of hydrogen-bond donors (Lipinski definition) is 4. The number of carboxylic acid groups (broad SMARTS) is 1. The van der Waals surface area contributed by atoms with Gasteiger partial charge in [-0.1, -0.05) is 39.8 Å². The Hall–Kier alpha value is -2.10. The first-order valence-electron chi connectivity index (χ1n) is 10.8. The first-order valence-corrected chi connectivity index (χ1v) is 11.7. The van der Waals surface area contributed by atoms with Gasteiger partial charge in [0, 0.05) is 23.9 Å². The maximum atomic E-state index is 13.2. The van der Waals surface area contributed by atoms with Gasteiger partial charge in [0.1, 0.15) is 5.25 Å². The van der Waals surface area contributed by atoms with Gasteiger partial charge in [-0.3, -0.25) is 14.4 Å². The van der Waals surface area contributed by atoms with E-state index in [1.807, 2.05) is 38.1 Å².